The number of hydrogen-bond acceptors (Lipinski definition) is 2. The molecule has 0 aliphatic heterocycles. The highest BCUT2D eigenvalue weighted by Gasteiger charge is 2.16. The van der Waals surface area contributed by atoms with Gasteiger partial charge in [-0.25, -0.2) is 4.68 Å². The van der Waals surface area contributed by atoms with Gasteiger partial charge in [0.25, 0.3) is 0 Å². The van der Waals surface area contributed by atoms with E-state index in [2.05, 4.69) is 198 Å². The summed E-state index contributed by atoms with van der Waals surface area (Å²) in [5.41, 5.74) is 13.2. The summed E-state index contributed by atoms with van der Waals surface area (Å²) in [7, 11) is 0. The van der Waals surface area contributed by atoms with E-state index in [1.807, 2.05) is 12.1 Å². The molecule has 1 heterocycles. The van der Waals surface area contributed by atoms with Crippen molar-refractivity contribution in [3.8, 4) is 50.5 Å². The molecule has 228 valence electrons. The molecule has 3 heteroatoms. The molecule has 0 saturated carbocycles. The Bertz CT molecular complexity index is 2140. The summed E-state index contributed by atoms with van der Waals surface area (Å²) >= 11 is 0. The molecule has 7 aromatic carbocycles. The average molecular weight is 616 g/mol. The van der Waals surface area contributed by atoms with Crippen LogP contribution in [0.15, 0.2) is 200 Å². The van der Waals surface area contributed by atoms with Crippen LogP contribution in [0.5, 0.6) is 0 Å². The number of benzene rings is 7. The first-order chi connectivity index (χ1) is 23.8. The molecular formula is C45H33N3. The van der Waals surface area contributed by atoms with E-state index in [0.717, 1.165) is 45.3 Å². The Hall–Kier alpha value is -6.45. The van der Waals surface area contributed by atoms with Crippen LogP contribution in [0.2, 0.25) is 0 Å². The maximum Gasteiger partial charge on any atom is 0.0934 e. The highest BCUT2D eigenvalue weighted by molar-refractivity contribution is 5.80. The normalized spacial score (nSPS) is 10.9. The molecule has 3 nitrogen and oxygen atoms in total. The second-order valence-corrected chi connectivity index (χ2v) is 11.7. The molecule has 0 radical (unpaired) electrons. The zero-order valence-corrected chi connectivity index (χ0v) is 26.4. The van der Waals surface area contributed by atoms with Crippen LogP contribution in [0.3, 0.4) is 0 Å². The molecule has 0 N–H and O–H groups in total. The van der Waals surface area contributed by atoms with Crippen molar-refractivity contribution in [2.45, 2.75) is 0 Å². The summed E-state index contributed by atoms with van der Waals surface area (Å²) in [6, 6.07) is 70.3. The molecule has 0 aliphatic carbocycles. The number of nitrogens with zero attached hydrogens (tertiary/aromatic N) is 3. The van der Waals surface area contributed by atoms with Crippen molar-refractivity contribution in [3.63, 3.8) is 0 Å². The molecule has 8 rings (SSSR count). The van der Waals surface area contributed by atoms with Crippen molar-refractivity contribution in [1.82, 2.24) is 9.78 Å². The van der Waals surface area contributed by atoms with Crippen molar-refractivity contribution < 1.29 is 0 Å². The van der Waals surface area contributed by atoms with Crippen LogP contribution in [-0.2, 0) is 0 Å². The summed E-state index contributed by atoms with van der Waals surface area (Å²) in [6.45, 7) is 0. The fourth-order valence-corrected chi connectivity index (χ4v) is 6.20. The minimum atomic E-state index is 0.942. The van der Waals surface area contributed by atoms with Crippen LogP contribution in [0, 0.1) is 0 Å². The quantitative estimate of drug-likeness (QED) is 0.170. The summed E-state index contributed by atoms with van der Waals surface area (Å²) in [4.78, 5) is 2.31. The lowest BCUT2D eigenvalue weighted by atomic mass is 10.0. The zero-order valence-electron chi connectivity index (χ0n) is 26.4. The van der Waals surface area contributed by atoms with Crippen molar-refractivity contribution in [1.29, 1.82) is 0 Å². The van der Waals surface area contributed by atoms with E-state index in [4.69, 9.17) is 5.10 Å². The first-order valence-corrected chi connectivity index (χ1v) is 16.2. The molecule has 0 atom stereocenters. The molecule has 0 fully saturated rings. The Labute approximate surface area is 281 Å². The summed E-state index contributed by atoms with van der Waals surface area (Å²) in [6.07, 6.45) is 0. The topological polar surface area (TPSA) is 21.1 Å². The molecule has 0 bridgehead atoms. The number of aromatic nitrogens is 2. The zero-order chi connectivity index (χ0) is 32.1. The molecule has 0 unspecified atom stereocenters. The SMILES string of the molecule is c1ccc(-c2ccc(N(c3ccc(-c4ccccc4)cc3)c3ccc(-n4nc(-c5ccccc5)cc4-c4ccccc4)cc3)cc2)cc1. The molecular weight excluding hydrogens is 583 g/mol. The third-order valence-electron chi connectivity index (χ3n) is 8.67. The van der Waals surface area contributed by atoms with E-state index >= 15 is 0 Å². The van der Waals surface area contributed by atoms with Gasteiger partial charge in [-0.15, -0.1) is 0 Å². The van der Waals surface area contributed by atoms with Crippen molar-refractivity contribution in [2.24, 2.45) is 0 Å². The number of rotatable bonds is 8. The molecule has 1 aromatic heterocycles. The van der Waals surface area contributed by atoms with E-state index in [1.165, 1.54) is 22.3 Å². The van der Waals surface area contributed by atoms with Crippen LogP contribution in [0.4, 0.5) is 17.1 Å². The van der Waals surface area contributed by atoms with E-state index in [9.17, 15) is 0 Å². The highest BCUT2D eigenvalue weighted by atomic mass is 15.3. The van der Waals surface area contributed by atoms with Gasteiger partial charge in [0, 0.05) is 28.2 Å². The Morgan fingerprint density at radius 3 is 1.12 bits per heavy atom. The predicted molar refractivity (Wildman–Crippen MR) is 200 cm³/mol. The monoisotopic (exact) mass is 615 g/mol. The fraction of sp³-hybridized carbons (Fsp3) is 0. The van der Waals surface area contributed by atoms with Crippen LogP contribution in [0.1, 0.15) is 0 Å². The Kier molecular flexibility index (Phi) is 7.92. The highest BCUT2D eigenvalue weighted by Crippen LogP contribution is 2.38. The van der Waals surface area contributed by atoms with Gasteiger partial charge in [0.05, 0.1) is 17.1 Å². The number of anilines is 3. The number of hydrogen-bond donors (Lipinski definition) is 0. The average Bonchev–Trinajstić information content (AvgIpc) is 3.63. The van der Waals surface area contributed by atoms with Crippen LogP contribution < -0.4 is 4.90 Å². The predicted octanol–water partition coefficient (Wildman–Crippen LogP) is 12.0. The summed E-state index contributed by atoms with van der Waals surface area (Å²) < 4.78 is 2.05. The molecule has 0 amide bonds. The van der Waals surface area contributed by atoms with Gasteiger partial charge in [-0.1, -0.05) is 146 Å². The van der Waals surface area contributed by atoms with Gasteiger partial charge in [0.1, 0.15) is 0 Å². The largest absolute Gasteiger partial charge is 0.311 e. The van der Waals surface area contributed by atoms with Crippen molar-refractivity contribution in [2.75, 3.05) is 4.90 Å². The fourth-order valence-electron chi connectivity index (χ4n) is 6.20. The van der Waals surface area contributed by atoms with E-state index in [1.54, 1.807) is 0 Å². The Balaban J connectivity index is 1.19. The van der Waals surface area contributed by atoms with Gasteiger partial charge in [0.15, 0.2) is 0 Å². The van der Waals surface area contributed by atoms with Gasteiger partial charge in [-0.2, -0.15) is 5.10 Å². The summed E-state index contributed by atoms with van der Waals surface area (Å²) in [5, 5.41) is 5.10. The summed E-state index contributed by atoms with van der Waals surface area (Å²) in [5.74, 6) is 0. The maximum atomic E-state index is 5.10. The lowest BCUT2D eigenvalue weighted by Crippen LogP contribution is -2.10. The van der Waals surface area contributed by atoms with Gasteiger partial charge in [-0.3, -0.25) is 0 Å². The second kappa shape index (κ2) is 13.1. The van der Waals surface area contributed by atoms with Gasteiger partial charge >= 0.3 is 0 Å². The van der Waals surface area contributed by atoms with E-state index in [-0.39, 0.29) is 0 Å². The van der Waals surface area contributed by atoms with Crippen LogP contribution >= 0.6 is 0 Å². The van der Waals surface area contributed by atoms with Gasteiger partial charge in [-0.05, 0) is 76.9 Å². The minimum Gasteiger partial charge on any atom is -0.311 e. The van der Waals surface area contributed by atoms with Gasteiger partial charge < -0.3 is 4.90 Å². The molecule has 0 saturated heterocycles. The molecule has 0 aliphatic rings. The minimum absolute atomic E-state index is 0.942. The molecule has 0 spiro atoms. The van der Waals surface area contributed by atoms with Crippen LogP contribution in [0.25, 0.3) is 50.5 Å². The Morgan fingerprint density at radius 2 is 0.688 bits per heavy atom. The van der Waals surface area contributed by atoms with Crippen molar-refractivity contribution >= 4 is 17.1 Å². The van der Waals surface area contributed by atoms with E-state index in [0.29, 0.717) is 0 Å². The van der Waals surface area contributed by atoms with Crippen LogP contribution in [-0.4, -0.2) is 9.78 Å². The second-order valence-electron chi connectivity index (χ2n) is 11.7. The first kappa shape index (κ1) is 29.0. The molecule has 48 heavy (non-hydrogen) atoms. The molecule has 8 aromatic rings. The lowest BCUT2D eigenvalue weighted by molar-refractivity contribution is 0.892. The lowest BCUT2D eigenvalue weighted by Gasteiger charge is -2.26. The first-order valence-electron chi connectivity index (χ1n) is 16.2. The van der Waals surface area contributed by atoms with Gasteiger partial charge in [0.2, 0.25) is 0 Å². The van der Waals surface area contributed by atoms with Crippen molar-refractivity contribution in [3.05, 3.63) is 200 Å². The Morgan fingerprint density at radius 1 is 0.333 bits per heavy atom. The third kappa shape index (κ3) is 5.93. The smallest absolute Gasteiger partial charge is 0.0934 e. The third-order valence-corrected chi connectivity index (χ3v) is 8.67. The van der Waals surface area contributed by atoms with E-state index < -0.39 is 0 Å². The maximum absolute atomic E-state index is 5.10. The standard InChI is InChI=1S/C45H33N3/c1-5-13-34(14-6-1)36-21-25-40(26-22-36)47(41-27-23-37(24-28-41)35-15-7-2-8-16-35)42-29-31-43(32-30-42)48-45(39-19-11-4-12-20-39)33-44(46-48)38-17-9-3-10-18-38/h1-33H.